The molecule has 1 unspecified atom stereocenters. The molecule has 2 aliphatic rings. The van der Waals surface area contributed by atoms with E-state index in [0.717, 1.165) is 29.3 Å². The molecule has 2 saturated heterocycles. The van der Waals surface area contributed by atoms with Crippen molar-refractivity contribution in [2.24, 2.45) is 0 Å². The Morgan fingerprint density at radius 2 is 1.88 bits per heavy atom. The van der Waals surface area contributed by atoms with E-state index in [1.807, 2.05) is 0 Å². The van der Waals surface area contributed by atoms with Gasteiger partial charge in [0.05, 0.1) is 0 Å². The second kappa shape index (κ2) is 8.30. The van der Waals surface area contributed by atoms with Gasteiger partial charge in [-0.1, -0.05) is 38.5 Å². The number of benzene rings is 1. The highest BCUT2D eigenvalue weighted by Crippen LogP contribution is 2.34. The summed E-state index contributed by atoms with van der Waals surface area (Å²) in [6, 6.07) is 10.5. The normalized spacial score (nSPS) is 26.8. The number of fused-ring (bicyclic) bond motifs is 2. The molecule has 3 atom stereocenters. The van der Waals surface area contributed by atoms with Crippen molar-refractivity contribution in [1.29, 1.82) is 0 Å². The molecule has 2 aliphatic heterocycles. The van der Waals surface area contributed by atoms with Crippen LogP contribution < -0.4 is 10.6 Å². The maximum Gasteiger partial charge on any atom is 0.171 e. The predicted molar refractivity (Wildman–Crippen MR) is 107 cm³/mol. The zero-order chi connectivity index (χ0) is 16.9. The molecule has 2 N–H and O–H groups in total. The van der Waals surface area contributed by atoms with Crippen molar-refractivity contribution in [3.8, 4) is 0 Å². The summed E-state index contributed by atoms with van der Waals surface area (Å²) in [4.78, 5) is 2.77. The molecule has 4 heteroatoms. The molecule has 0 radical (unpaired) electrons. The topological polar surface area (TPSA) is 27.3 Å². The Hall–Kier alpha value is -1.13. The molecule has 24 heavy (non-hydrogen) atoms. The molecule has 0 amide bonds. The second-order valence-corrected chi connectivity index (χ2v) is 7.66. The molecule has 0 saturated carbocycles. The van der Waals surface area contributed by atoms with E-state index < -0.39 is 0 Å². The summed E-state index contributed by atoms with van der Waals surface area (Å²) in [5.74, 6) is 0. The Bertz CT molecular complexity index is 546. The van der Waals surface area contributed by atoms with Gasteiger partial charge in [-0.05, 0) is 68.9 Å². The molecule has 2 fully saturated rings. The van der Waals surface area contributed by atoms with E-state index in [4.69, 9.17) is 12.2 Å². The van der Waals surface area contributed by atoms with Gasteiger partial charge in [0.15, 0.2) is 5.11 Å². The molecule has 0 aromatic heterocycles. The Morgan fingerprint density at radius 3 is 2.54 bits per heavy atom. The summed E-state index contributed by atoms with van der Waals surface area (Å²) >= 11 is 5.60. The summed E-state index contributed by atoms with van der Waals surface area (Å²) in [6.45, 7) is 5.74. The number of piperidine rings is 2. The average Bonchev–Trinajstić information content (AvgIpc) is 2.56. The lowest BCUT2D eigenvalue weighted by Gasteiger charge is -2.49. The van der Waals surface area contributed by atoms with Crippen LogP contribution in [0.3, 0.4) is 0 Å². The third-order valence-electron chi connectivity index (χ3n) is 5.59. The third-order valence-corrected chi connectivity index (χ3v) is 5.81. The Labute approximate surface area is 152 Å². The number of para-hydroxylation sites is 1. The lowest BCUT2D eigenvalue weighted by molar-refractivity contribution is 0.0284. The number of aryl methyl sites for hydroxylation is 1. The SMILES string of the molecule is CCCN1[C@@H]2CCC[C@H]1CC(NC(=S)Nc1ccccc1CC)C2. The number of nitrogens with one attached hydrogen (secondary N) is 2. The first-order chi connectivity index (χ1) is 11.7. The van der Waals surface area contributed by atoms with Gasteiger partial charge in [0.25, 0.3) is 0 Å². The molecule has 1 aromatic rings. The summed E-state index contributed by atoms with van der Waals surface area (Å²) in [5, 5.41) is 7.80. The van der Waals surface area contributed by atoms with Crippen LogP contribution in [0.25, 0.3) is 0 Å². The van der Waals surface area contributed by atoms with E-state index in [0.29, 0.717) is 6.04 Å². The fourth-order valence-electron chi connectivity index (χ4n) is 4.51. The van der Waals surface area contributed by atoms with Gasteiger partial charge in [0, 0.05) is 23.8 Å². The molecule has 132 valence electrons. The van der Waals surface area contributed by atoms with Crippen LogP contribution >= 0.6 is 12.2 Å². The Morgan fingerprint density at radius 1 is 1.17 bits per heavy atom. The van der Waals surface area contributed by atoms with Gasteiger partial charge in [0.1, 0.15) is 0 Å². The molecule has 3 rings (SSSR count). The summed E-state index contributed by atoms with van der Waals surface area (Å²) in [6.07, 6.45) is 8.85. The van der Waals surface area contributed by atoms with Crippen LogP contribution in [0.4, 0.5) is 5.69 Å². The smallest absolute Gasteiger partial charge is 0.171 e. The lowest BCUT2D eigenvalue weighted by Crippen LogP contribution is -2.57. The van der Waals surface area contributed by atoms with Crippen LogP contribution in [-0.2, 0) is 6.42 Å². The molecule has 2 bridgehead atoms. The van der Waals surface area contributed by atoms with Gasteiger partial charge in [-0.15, -0.1) is 0 Å². The van der Waals surface area contributed by atoms with Crippen molar-refractivity contribution in [3.05, 3.63) is 29.8 Å². The molecule has 2 heterocycles. The van der Waals surface area contributed by atoms with Crippen LogP contribution in [0.2, 0.25) is 0 Å². The van der Waals surface area contributed by atoms with Gasteiger partial charge in [-0.3, -0.25) is 4.90 Å². The van der Waals surface area contributed by atoms with Crippen LogP contribution in [0.15, 0.2) is 24.3 Å². The van der Waals surface area contributed by atoms with E-state index in [1.165, 1.54) is 50.6 Å². The summed E-state index contributed by atoms with van der Waals surface area (Å²) in [7, 11) is 0. The number of rotatable bonds is 5. The third kappa shape index (κ3) is 4.09. The predicted octanol–water partition coefficient (Wildman–Crippen LogP) is 4.33. The highest BCUT2D eigenvalue weighted by atomic mass is 32.1. The molecule has 0 spiro atoms. The monoisotopic (exact) mass is 345 g/mol. The van der Waals surface area contributed by atoms with Crippen molar-refractivity contribution in [2.75, 3.05) is 11.9 Å². The van der Waals surface area contributed by atoms with Crippen LogP contribution in [-0.4, -0.2) is 34.7 Å². The summed E-state index contributed by atoms with van der Waals surface area (Å²) < 4.78 is 0. The van der Waals surface area contributed by atoms with E-state index in [9.17, 15) is 0 Å². The Kier molecular flexibility index (Phi) is 6.12. The highest BCUT2D eigenvalue weighted by Gasteiger charge is 2.37. The number of anilines is 1. The maximum absolute atomic E-state index is 5.60. The van der Waals surface area contributed by atoms with Gasteiger partial charge in [0.2, 0.25) is 0 Å². The number of thiocarbonyl (C=S) groups is 1. The zero-order valence-corrected chi connectivity index (χ0v) is 15.9. The van der Waals surface area contributed by atoms with Crippen LogP contribution in [0, 0.1) is 0 Å². The van der Waals surface area contributed by atoms with Gasteiger partial charge in [-0.25, -0.2) is 0 Å². The first-order valence-electron chi connectivity index (χ1n) is 9.62. The van der Waals surface area contributed by atoms with Crippen LogP contribution in [0.1, 0.15) is 57.9 Å². The van der Waals surface area contributed by atoms with E-state index in [-0.39, 0.29) is 0 Å². The molecule has 0 aliphatic carbocycles. The van der Waals surface area contributed by atoms with E-state index >= 15 is 0 Å². The standard InChI is InChI=1S/C20H31N3S/c1-3-12-23-17-9-7-10-18(23)14-16(13-17)21-20(24)22-19-11-6-5-8-15(19)4-2/h5-6,8,11,16-18H,3-4,7,9-10,12-14H2,1-2H3,(H2,21,22,24)/t16?,17-,18+. The summed E-state index contributed by atoms with van der Waals surface area (Å²) in [5.41, 5.74) is 2.46. The van der Waals surface area contributed by atoms with Gasteiger partial charge < -0.3 is 10.6 Å². The van der Waals surface area contributed by atoms with Crippen molar-refractivity contribution >= 4 is 23.0 Å². The number of hydrogen-bond acceptors (Lipinski definition) is 2. The second-order valence-electron chi connectivity index (χ2n) is 7.25. The quantitative estimate of drug-likeness (QED) is 0.777. The largest absolute Gasteiger partial charge is 0.360 e. The first-order valence-corrected chi connectivity index (χ1v) is 10.0. The number of hydrogen-bond donors (Lipinski definition) is 2. The minimum absolute atomic E-state index is 0.516. The van der Waals surface area contributed by atoms with Crippen LogP contribution in [0.5, 0.6) is 0 Å². The van der Waals surface area contributed by atoms with Crippen molar-refractivity contribution in [3.63, 3.8) is 0 Å². The van der Waals surface area contributed by atoms with Crippen molar-refractivity contribution in [1.82, 2.24) is 10.2 Å². The Balaban J connectivity index is 1.57. The van der Waals surface area contributed by atoms with Crippen molar-refractivity contribution < 1.29 is 0 Å². The molecular formula is C20H31N3S. The lowest BCUT2D eigenvalue weighted by atomic mass is 9.81. The van der Waals surface area contributed by atoms with Crippen molar-refractivity contribution in [2.45, 2.75) is 76.9 Å². The molecule has 3 nitrogen and oxygen atoms in total. The van der Waals surface area contributed by atoms with Gasteiger partial charge >= 0.3 is 0 Å². The fraction of sp³-hybridized carbons (Fsp3) is 0.650. The highest BCUT2D eigenvalue weighted by molar-refractivity contribution is 7.80. The molecular weight excluding hydrogens is 314 g/mol. The molecule has 1 aromatic carbocycles. The minimum Gasteiger partial charge on any atom is -0.360 e. The first kappa shape index (κ1) is 17.7. The number of nitrogens with zero attached hydrogens (tertiary/aromatic N) is 1. The minimum atomic E-state index is 0.516. The van der Waals surface area contributed by atoms with E-state index in [2.05, 4.69) is 53.6 Å². The maximum atomic E-state index is 5.60. The van der Waals surface area contributed by atoms with Gasteiger partial charge in [-0.2, -0.15) is 0 Å². The van der Waals surface area contributed by atoms with E-state index in [1.54, 1.807) is 0 Å². The fourth-order valence-corrected chi connectivity index (χ4v) is 4.79. The zero-order valence-electron chi connectivity index (χ0n) is 15.1. The average molecular weight is 346 g/mol.